The van der Waals surface area contributed by atoms with Crippen LogP contribution >= 0.6 is 0 Å². The standard InChI is InChI=1S/C22H24N2O4/c1-23(2)16-6-4-15(5-7-16)21(26)24-11-10-22(14-24)13-19(25)18-12-17(27-3)8-9-20(18)28-22/h4-9,12H,10-11,13-14H2,1-3H3. The Morgan fingerprint density at radius 1 is 1.18 bits per heavy atom. The van der Waals surface area contributed by atoms with Gasteiger partial charge >= 0.3 is 0 Å². The van der Waals surface area contributed by atoms with Crippen LogP contribution in [0.4, 0.5) is 5.69 Å². The molecule has 0 N–H and O–H groups in total. The zero-order valence-corrected chi connectivity index (χ0v) is 16.4. The molecular formula is C22H24N2O4. The predicted octanol–water partition coefficient (Wildman–Crippen LogP) is 3.01. The lowest BCUT2D eigenvalue weighted by atomic mass is 9.89. The largest absolute Gasteiger partial charge is 0.497 e. The molecule has 2 aliphatic rings. The van der Waals surface area contributed by atoms with E-state index in [0.29, 0.717) is 42.1 Å². The first-order valence-corrected chi connectivity index (χ1v) is 9.38. The summed E-state index contributed by atoms with van der Waals surface area (Å²) < 4.78 is 11.4. The van der Waals surface area contributed by atoms with Gasteiger partial charge in [-0.15, -0.1) is 0 Å². The number of hydrogen-bond acceptors (Lipinski definition) is 5. The highest BCUT2D eigenvalue weighted by molar-refractivity contribution is 6.01. The van der Waals surface area contributed by atoms with Crippen LogP contribution in [0.25, 0.3) is 0 Å². The summed E-state index contributed by atoms with van der Waals surface area (Å²) in [4.78, 5) is 29.4. The van der Waals surface area contributed by atoms with Crippen LogP contribution in [0.3, 0.4) is 0 Å². The molecule has 6 heteroatoms. The fourth-order valence-corrected chi connectivity index (χ4v) is 3.93. The number of ether oxygens (including phenoxy) is 2. The second-order valence-corrected chi connectivity index (χ2v) is 7.67. The zero-order valence-electron chi connectivity index (χ0n) is 16.4. The molecule has 4 rings (SSSR count). The Bertz CT molecular complexity index is 923. The Morgan fingerprint density at radius 3 is 2.61 bits per heavy atom. The summed E-state index contributed by atoms with van der Waals surface area (Å²) in [5.74, 6) is 1.21. The van der Waals surface area contributed by atoms with E-state index in [1.165, 1.54) is 0 Å². The average molecular weight is 380 g/mol. The summed E-state index contributed by atoms with van der Waals surface area (Å²) in [7, 11) is 5.50. The lowest BCUT2D eigenvalue weighted by Crippen LogP contribution is -2.45. The van der Waals surface area contributed by atoms with E-state index in [9.17, 15) is 9.59 Å². The van der Waals surface area contributed by atoms with Gasteiger partial charge < -0.3 is 19.3 Å². The predicted molar refractivity (Wildman–Crippen MR) is 107 cm³/mol. The Kier molecular flexibility index (Phi) is 4.49. The lowest BCUT2D eigenvalue weighted by molar-refractivity contribution is 0.0427. The third kappa shape index (κ3) is 3.19. The lowest BCUT2D eigenvalue weighted by Gasteiger charge is -2.34. The van der Waals surface area contributed by atoms with Crippen molar-refractivity contribution in [2.24, 2.45) is 0 Å². The molecule has 1 amide bonds. The van der Waals surface area contributed by atoms with Gasteiger partial charge in [-0.2, -0.15) is 0 Å². The number of methoxy groups -OCH3 is 1. The molecule has 1 spiro atoms. The minimum Gasteiger partial charge on any atom is -0.497 e. The van der Waals surface area contributed by atoms with Gasteiger partial charge in [-0.3, -0.25) is 9.59 Å². The Hall–Kier alpha value is -3.02. The fourth-order valence-electron chi connectivity index (χ4n) is 3.93. The SMILES string of the molecule is COc1ccc2c(c1)C(=O)CC1(CCN(C(=O)c3ccc(N(C)C)cc3)C1)O2. The smallest absolute Gasteiger partial charge is 0.253 e. The van der Waals surface area contributed by atoms with Crippen LogP contribution in [0.15, 0.2) is 42.5 Å². The van der Waals surface area contributed by atoms with Gasteiger partial charge in [0.15, 0.2) is 5.78 Å². The van der Waals surface area contributed by atoms with E-state index in [2.05, 4.69) is 0 Å². The van der Waals surface area contributed by atoms with E-state index in [4.69, 9.17) is 9.47 Å². The maximum Gasteiger partial charge on any atom is 0.253 e. The molecule has 2 heterocycles. The number of nitrogens with zero attached hydrogens (tertiary/aromatic N) is 2. The van der Waals surface area contributed by atoms with Gasteiger partial charge in [0.25, 0.3) is 5.91 Å². The van der Waals surface area contributed by atoms with Crippen molar-refractivity contribution in [2.45, 2.75) is 18.4 Å². The van der Waals surface area contributed by atoms with Crippen molar-refractivity contribution in [1.29, 1.82) is 0 Å². The fraction of sp³-hybridized carbons (Fsp3) is 0.364. The van der Waals surface area contributed by atoms with Crippen LogP contribution in [-0.4, -0.2) is 56.5 Å². The monoisotopic (exact) mass is 380 g/mol. The molecule has 0 bridgehead atoms. The molecule has 1 atom stereocenters. The molecule has 0 aromatic heterocycles. The van der Waals surface area contributed by atoms with E-state index >= 15 is 0 Å². The first-order chi connectivity index (χ1) is 13.4. The summed E-state index contributed by atoms with van der Waals surface area (Å²) >= 11 is 0. The summed E-state index contributed by atoms with van der Waals surface area (Å²) in [6.07, 6.45) is 0.919. The van der Waals surface area contributed by atoms with Gasteiger partial charge in [0.2, 0.25) is 0 Å². The molecule has 28 heavy (non-hydrogen) atoms. The highest BCUT2D eigenvalue weighted by Gasteiger charge is 2.47. The van der Waals surface area contributed by atoms with Crippen LogP contribution in [0.2, 0.25) is 0 Å². The molecule has 0 saturated carbocycles. The number of benzene rings is 2. The highest BCUT2D eigenvalue weighted by Crippen LogP contribution is 2.40. The Balaban J connectivity index is 1.51. The summed E-state index contributed by atoms with van der Waals surface area (Å²) in [5, 5.41) is 0. The third-order valence-electron chi connectivity index (χ3n) is 5.53. The maximum atomic E-state index is 12.9. The quantitative estimate of drug-likeness (QED) is 0.819. The van der Waals surface area contributed by atoms with Gasteiger partial charge in [0, 0.05) is 38.3 Å². The number of fused-ring (bicyclic) bond motifs is 1. The Labute approximate surface area is 164 Å². The van der Waals surface area contributed by atoms with Gasteiger partial charge in [-0.1, -0.05) is 0 Å². The number of anilines is 1. The van der Waals surface area contributed by atoms with E-state index in [-0.39, 0.29) is 18.1 Å². The summed E-state index contributed by atoms with van der Waals surface area (Å²) in [6, 6.07) is 12.8. The molecule has 1 fully saturated rings. The van der Waals surface area contributed by atoms with Crippen molar-refractivity contribution in [3.63, 3.8) is 0 Å². The molecular weight excluding hydrogens is 356 g/mol. The van der Waals surface area contributed by atoms with Gasteiger partial charge in [-0.25, -0.2) is 0 Å². The minimum atomic E-state index is -0.641. The number of rotatable bonds is 3. The van der Waals surface area contributed by atoms with Crippen LogP contribution in [0.5, 0.6) is 11.5 Å². The van der Waals surface area contributed by atoms with Crippen molar-refractivity contribution in [1.82, 2.24) is 4.90 Å². The topological polar surface area (TPSA) is 59.1 Å². The number of ketones is 1. The number of amides is 1. The number of likely N-dealkylation sites (tertiary alicyclic amines) is 1. The number of Topliss-reactive ketones (excluding diaryl/α,β-unsaturated/α-hetero) is 1. The Morgan fingerprint density at radius 2 is 1.93 bits per heavy atom. The molecule has 146 valence electrons. The molecule has 2 aromatic carbocycles. The van der Waals surface area contributed by atoms with Crippen molar-refractivity contribution in [3.05, 3.63) is 53.6 Å². The van der Waals surface area contributed by atoms with Crippen LogP contribution in [0.1, 0.15) is 33.6 Å². The van der Waals surface area contributed by atoms with E-state index in [0.717, 1.165) is 5.69 Å². The molecule has 0 aliphatic carbocycles. The molecule has 0 radical (unpaired) electrons. The first-order valence-electron chi connectivity index (χ1n) is 9.38. The van der Waals surface area contributed by atoms with Crippen molar-refractivity contribution >= 4 is 17.4 Å². The van der Waals surface area contributed by atoms with E-state index < -0.39 is 5.60 Å². The van der Waals surface area contributed by atoms with Crippen LogP contribution in [0, 0.1) is 0 Å². The summed E-state index contributed by atoms with van der Waals surface area (Å²) in [6.45, 7) is 0.992. The van der Waals surface area contributed by atoms with Crippen molar-refractivity contribution in [2.75, 3.05) is 39.2 Å². The number of hydrogen-bond donors (Lipinski definition) is 0. The highest BCUT2D eigenvalue weighted by atomic mass is 16.5. The van der Waals surface area contributed by atoms with E-state index in [1.807, 2.05) is 43.3 Å². The minimum absolute atomic E-state index is 0.0289. The molecule has 1 saturated heterocycles. The first kappa shape index (κ1) is 18.3. The van der Waals surface area contributed by atoms with Crippen molar-refractivity contribution < 1.29 is 19.1 Å². The second kappa shape index (κ2) is 6.86. The van der Waals surface area contributed by atoms with Gasteiger partial charge in [0.05, 0.1) is 25.6 Å². The summed E-state index contributed by atoms with van der Waals surface area (Å²) in [5.41, 5.74) is 1.60. The number of carbonyl (C=O) groups is 2. The zero-order chi connectivity index (χ0) is 19.9. The molecule has 1 unspecified atom stereocenters. The van der Waals surface area contributed by atoms with Crippen LogP contribution in [-0.2, 0) is 0 Å². The third-order valence-corrected chi connectivity index (χ3v) is 5.53. The average Bonchev–Trinajstić information content (AvgIpc) is 3.10. The van der Waals surface area contributed by atoms with E-state index in [1.54, 1.807) is 30.2 Å². The molecule has 2 aliphatic heterocycles. The molecule has 6 nitrogen and oxygen atoms in total. The maximum absolute atomic E-state index is 12.9. The van der Waals surface area contributed by atoms with Crippen LogP contribution < -0.4 is 14.4 Å². The second-order valence-electron chi connectivity index (χ2n) is 7.67. The number of carbonyl (C=O) groups excluding carboxylic acids is 2. The van der Waals surface area contributed by atoms with Gasteiger partial charge in [0.1, 0.15) is 17.1 Å². The van der Waals surface area contributed by atoms with Crippen molar-refractivity contribution in [3.8, 4) is 11.5 Å². The van der Waals surface area contributed by atoms with Gasteiger partial charge in [-0.05, 0) is 42.5 Å². The molecule has 2 aromatic rings. The normalized spacial score (nSPS) is 20.7.